The number of carboxylic acids is 1. The van der Waals surface area contributed by atoms with E-state index in [1.165, 1.54) is 6.26 Å². The average Bonchev–Trinajstić information content (AvgIpc) is 2.78. The van der Waals surface area contributed by atoms with Gasteiger partial charge >= 0.3 is 5.97 Å². The van der Waals surface area contributed by atoms with Gasteiger partial charge in [-0.25, -0.2) is 9.78 Å². The first-order valence-electron chi connectivity index (χ1n) is 5.05. The molecule has 5 nitrogen and oxygen atoms in total. The molecule has 2 aromatic rings. The predicted molar refractivity (Wildman–Crippen MR) is 59.2 cm³/mol. The van der Waals surface area contributed by atoms with E-state index < -0.39 is 5.97 Å². The molecule has 1 heterocycles. The van der Waals surface area contributed by atoms with Crippen molar-refractivity contribution in [3.8, 4) is 11.5 Å². The minimum atomic E-state index is -1.00. The van der Waals surface area contributed by atoms with E-state index >= 15 is 0 Å². The zero-order valence-corrected chi connectivity index (χ0v) is 9.00. The normalized spacial score (nSPS) is 10.4. The molecule has 1 aromatic carbocycles. The van der Waals surface area contributed by atoms with Crippen LogP contribution in [0.3, 0.4) is 0 Å². The maximum atomic E-state index is 10.2. The van der Waals surface area contributed by atoms with Gasteiger partial charge in [0.15, 0.2) is 0 Å². The SMILES string of the molecule is O=C(O)COCc1coc(-c2ccccc2)n1. The van der Waals surface area contributed by atoms with Crippen molar-refractivity contribution in [2.45, 2.75) is 6.61 Å². The fourth-order valence-electron chi connectivity index (χ4n) is 1.33. The van der Waals surface area contributed by atoms with Crippen molar-refractivity contribution in [3.63, 3.8) is 0 Å². The quantitative estimate of drug-likeness (QED) is 0.854. The van der Waals surface area contributed by atoms with Gasteiger partial charge < -0.3 is 14.3 Å². The van der Waals surface area contributed by atoms with Crippen molar-refractivity contribution in [1.82, 2.24) is 4.98 Å². The van der Waals surface area contributed by atoms with Crippen LogP contribution in [0, 0.1) is 0 Å². The first-order chi connectivity index (χ1) is 8.25. The number of hydrogen-bond donors (Lipinski definition) is 1. The van der Waals surface area contributed by atoms with Gasteiger partial charge in [0.25, 0.3) is 0 Å². The van der Waals surface area contributed by atoms with Crippen LogP contribution in [0.2, 0.25) is 0 Å². The average molecular weight is 233 g/mol. The second kappa shape index (κ2) is 5.27. The highest BCUT2D eigenvalue weighted by atomic mass is 16.5. The molecule has 0 bridgehead atoms. The zero-order chi connectivity index (χ0) is 12.1. The number of rotatable bonds is 5. The van der Waals surface area contributed by atoms with E-state index in [4.69, 9.17) is 14.3 Å². The van der Waals surface area contributed by atoms with Crippen molar-refractivity contribution in [3.05, 3.63) is 42.3 Å². The third-order valence-corrected chi connectivity index (χ3v) is 2.05. The molecule has 0 fully saturated rings. The highest BCUT2D eigenvalue weighted by molar-refractivity contribution is 5.67. The van der Waals surface area contributed by atoms with Crippen LogP contribution in [0.4, 0.5) is 0 Å². The Balaban J connectivity index is 1.99. The highest BCUT2D eigenvalue weighted by Crippen LogP contribution is 2.18. The molecule has 1 aromatic heterocycles. The summed E-state index contributed by atoms with van der Waals surface area (Å²) >= 11 is 0. The van der Waals surface area contributed by atoms with Crippen molar-refractivity contribution in [2.24, 2.45) is 0 Å². The van der Waals surface area contributed by atoms with Crippen molar-refractivity contribution in [2.75, 3.05) is 6.61 Å². The lowest BCUT2D eigenvalue weighted by Gasteiger charge is -1.95. The van der Waals surface area contributed by atoms with Gasteiger partial charge in [-0.2, -0.15) is 0 Å². The van der Waals surface area contributed by atoms with Gasteiger partial charge in [0.05, 0.1) is 6.61 Å². The summed E-state index contributed by atoms with van der Waals surface area (Å²) < 4.78 is 10.2. The summed E-state index contributed by atoms with van der Waals surface area (Å²) in [6.07, 6.45) is 1.46. The van der Waals surface area contributed by atoms with Gasteiger partial charge in [-0.05, 0) is 12.1 Å². The minimum Gasteiger partial charge on any atom is -0.480 e. The largest absolute Gasteiger partial charge is 0.480 e. The summed E-state index contributed by atoms with van der Waals surface area (Å²) in [5, 5.41) is 8.41. The van der Waals surface area contributed by atoms with Gasteiger partial charge in [-0.3, -0.25) is 0 Å². The van der Waals surface area contributed by atoms with E-state index in [1.807, 2.05) is 30.3 Å². The van der Waals surface area contributed by atoms with Crippen LogP contribution >= 0.6 is 0 Å². The first-order valence-corrected chi connectivity index (χ1v) is 5.05. The van der Waals surface area contributed by atoms with Crippen LogP contribution in [-0.2, 0) is 16.1 Å². The maximum Gasteiger partial charge on any atom is 0.329 e. The Morgan fingerprint density at radius 2 is 2.12 bits per heavy atom. The number of nitrogens with zero attached hydrogens (tertiary/aromatic N) is 1. The Morgan fingerprint density at radius 3 is 2.82 bits per heavy atom. The van der Waals surface area contributed by atoms with Crippen molar-refractivity contribution in [1.29, 1.82) is 0 Å². The second-order valence-electron chi connectivity index (χ2n) is 3.40. The number of carboxylic acid groups (broad SMARTS) is 1. The molecule has 0 saturated carbocycles. The number of carbonyl (C=O) groups is 1. The van der Waals surface area contributed by atoms with Crippen LogP contribution in [-0.4, -0.2) is 22.7 Å². The van der Waals surface area contributed by atoms with E-state index in [-0.39, 0.29) is 13.2 Å². The minimum absolute atomic E-state index is 0.128. The molecular weight excluding hydrogens is 222 g/mol. The summed E-state index contributed by atoms with van der Waals surface area (Å²) in [6, 6.07) is 9.45. The first kappa shape index (κ1) is 11.3. The van der Waals surface area contributed by atoms with Crippen LogP contribution < -0.4 is 0 Å². The van der Waals surface area contributed by atoms with Crippen LogP contribution in [0.1, 0.15) is 5.69 Å². The molecule has 5 heteroatoms. The number of hydrogen-bond acceptors (Lipinski definition) is 4. The van der Waals surface area contributed by atoms with Crippen molar-refractivity contribution < 1.29 is 19.1 Å². The number of benzene rings is 1. The molecule has 0 spiro atoms. The highest BCUT2D eigenvalue weighted by Gasteiger charge is 2.06. The molecule has 0 aliphatic heterocycles. The fourth-order valence-corrected chi connectivity index (χ4v) is 1.33. The molecule has 0 aliphatic rings. The monoisotopic (exact) mass is 233 g/mol. The summed E-state index contributed by atoms with van der Waals surface area (Å²) in [4.78, 5) is 14.4. The Morgan fingerprint density at radius 1 is 1.35 bits per heavy atom. The van der Waals surface area contributed by atoms with Crippen LogP contribution in [0.25, 0.3) is 11.5 Å². The van der Waals surface area contributed by atoms with Gasteiger partial charge in [0.1, 0.15) is 18.6 Å². The summed E-state index contributed by atoms with van der Waals surface area (Å²) in [7, 11) is 0. The lowest BCUT2D eigenvalue weighted by atomic mass is 10.2. The van der Waals surface area contributed by atoms with Crippen LogP contribution in [0.15, 0.2) is 41.0 Å². The number of oxazole rings is 1. The van der Waals surface area contributed by atoms with Gasteiger partial charge in [0.2, 0.25) is 5.89 Å². The molecule has 0 aliphatic carbocycles. The topological polar surface area (TPSA) is 72.6 Å². The number of ether oxygens (including phenoxy) is 1. The molecule has 2 rings (SSSR count). The van der Waals surface area contributed by atoms with E-state index in [1.54, 1.807) is 0 Å². The Labute approximate surface area is 97.7 Å². The Bertz CT molecular complexity index is 492. The molecule has 0 amide bonds. The Hall–Kier alpha value is -2.14. The van der Waals surface area contributed by atoms with E-state index in [9.17, 15) is 4.79 Å². The maximum absolute atomic E-state index is 10.2. The molecule has 88 valence electrons. The number of aromatic nitrogens is 1. The molecule has 0 unspecified atom stereocenters. The van der Waals surface area contributed by atoms with Crippen LogP contribution in [0.5, 0.6) is 0 Å². The molecule has 1 N–H and O–H groups in total. The lowest BCUT2D eigenvalue weighted by Crippen LogP contribution is -2.06. The fraction of sp³-hybridized carbons (Fsp3) is 0.167. The van der Waals surface area contributed by atoms with Gasteiger partial charge in [0, 0.05) is 5.56 Å². The summed E-state index contributed by atoms with van der Waals surface area (Å²) in [6.45, 7) is -0.212. The van der Waals surface area contributed by atoms with E-state index in [2.05, 4.69) is 4.98 Å². The van der Waals surface area contributed by atoms with Gasteiger partial charge in [-0.15, -0.1) is 0 Å². The summed E-state index contributed by atoms with van der Waals surface area (Å²) in [5.74, 6) is -0.503. The third kappa shape index (κ3) is 3.15. The van der Waals surface area contributed by atoms with E-state index in [0.29, 0.717) is 11.6 Å². The molecule has 0 radical (unpaired) electrons. The van der Waals surface area contributed by atoms with Crippen molar-refractivity contribution >= 4 is 5.97 Å². The third-order valence-electron chi connectivity index (χ3n) is 2.05. The standard InChI is InChI=1S/C12H11NO4/c14-11(15)8-16-6-10-7-17-12(13-10)9-4-2-1-3-5-9/h1-5,7H,6,8H2,(H,14,15). The summed E-state index contributed by atoms with van der Waals surface area (Å²) in [5.41, 5.74) is 1.45. The molecule has 0 saturated heterocycles. The predicted octanol–water partition coefficient (Wildman–Crippen LogP) is 1.94. The molecule has 17 heavy (non-hydrogen) atoms. The smallest absolute Gasteiger partial charge is 0.329 e. The number of aliphatic carboxylic acids is 1. The van der Waals surface area contributed by atoms with Gasteiger partial charge in [-0.1, -0.05) is 18.2 Å². The molecular formula is C12H11NO4. The zero-order valence-electron chi connectivity index (χ0n) is 9.00. The molecule has 0 atom stereocenters. The second-order valence-corrected chi connectivity index (χ2v) is 3.40. The lowest BCUT2D eigenvalue weighted by molar-refractivity contribution is -0.142. The Kier molecular flexibility index (Phi) is 3.52. The van der Waals surface area contributed by atoms with E-state index in [0.717, 1.165) is 5.56 Å².